The van der Waals surface area contributed by atoms with E-state index in [-0.39, 0.29) is 18.1 Å². The lowest BCUT2D eigenvalue weighted by molar-refractivity contribution is -0.139. The Morgan fingerprint density at radius 3 is 2.65 bits per heavy atom. The normalized spacial score (nSPS) is 11.9. The van der Waals surface area contributed by atoms with Gasteiger partial charge in [-0.3, -0.25) is 4.79 Å². The molecule has 4 N–H and O–H groups in total. The molecule has 0 fully saturated rings. The number of rotatable bonds is 7. The molecular formula is C18H20ClN3O4. The number of hydrogen-bond donors (Lipinski definition) is 3. The summed E-state index contributed by atoms with van der Waals surface area (Å²) in [4.78, 5) is 23.8. The van der Waals surface area contributed by atoms with Crippen LogP contribution in [-0.2, 0) is 4.79 Å². The number of nitrogens with two attached hydrogens (primary N) is 1. The summed E-state index contributed by atoms with van der Waals surface area (Å²) in [5, 5.41) is 18.0. The number of unbranched alkanes of at least 4 members (excludes halogenated alkanes) is 1. The number of aliphatic carboxylic acids is 1. The summed E-state index contributed by atoms with van der Waals surface area (Å²) >= 11 is 0. The molecule has 0 aliphatic heterocycles. The van der Waals surface area contributed by atoms with Gasteiger partial charge >= 0.3 is 5.97 Å². The summed E-state index contributed by atoms with van der Waals surface area (Å²) in [5.41, 5.74) is 6.02. The third-order valence-corrected chi connectivity index (χ3v) is 4.13. The van der Waals surface area contributed by atoms with Crippen LogP contribution in [0.1, 0.15) is 29.8 Å². The maximum atomic E-state index is 12.5. The minimum Gasteiger partial charge on any atom is -0.480 e. The van der Waals surface area contributed by atoms with E-state index in [2.05, 4.69) is 10.5 Å². The van der Waals surface area contributed by atoms with Crippen molar-refractivity contribution in [3.05, 3.63) is 42.1 Å². The van der Waals surface area contributed by atoms with Gasteiger partial charge in [-0.2, -0.15) is 0 Å². The van der Waals surface area contributed by atoms with Crippen molar-refractivity contribution in [2.75, 3.05) is 6.54 Å². The van der Waals surface area contributed by atoms with Crippen LogP contribution in [0.25, 0.3) is 21.7 Å². The molecule has 0 saturated heterocycles. The highest BCUT2D eigenvalue weighted by Crippen LogP contribution is 2.27. The van der Waals surface area contributed by atoms with Crippen LogP contribution in [0.4, 0.5) is 0 Å². The van der Waals surface area contributed by atoms with E-state index in [0.717, 1.165) is 10.8 Å². The smallest absolute Gasteiger partial charge is 0.326 e. The van der Waals surface area contributed by atoms with Crippen molar-refractivity contribution in [1.29, 1.82) is 0 Å². The van der Waals surface area contributed by atoms with E-state index in [4.69, 9.17) is 10.3 Å². The average Bonchev–Trinajstić information content (AvgIpc) is 3.05. The number of amides is 1. The van der Waals surface area contributed by atoms with Crippen molar-refractivity contribution in [2.45, 2.75) is 25.3 Å². The summed E-state index contributed by atoms with van der Waals surface area (Å²) in [6, 6.07) is 10.3. The number of carbonyl (C=O) groups is 2. The van der Waals surface area contributed by atoms with E-state index >= 15 is 0 Å². The van der Waals surface area contributed by atoms with E-state index in [1.54, 1.807) is 6.07 Å². The fourth-order valence-electron chi connectivity index (χ4n) is 2.81. The number of hydrogen-bond acceptors (Lipinski definition) is 5. The van der Waals surface area contributed by atoms with Crippen LogP contribution in [0, 0.1) is 0 Å². The first-order valence-corrected chi connectivity index (χ1v) is 8.12. The molecule has 0 radical (unpaired) electrons. The van der Waals surface area contributed by atoms with E-state index in [1.807, 2.05) is 30.3 Å². The predicted octanol–water partition coefficient (Wildman–Crippen LogP) is 2.71. The second kappa shape index (κ2) is 8.64. The molecule has 0 saturated carbocycles. The van der Waals surface area contributed by atoms with Crippen LogP contribution in [-0.4, -0.2) is 34.7 Å². The zero-order chi connectivity index (χ0) is 17.8. The van der Waals surface area contributed by atoms with E-state index < -0.39 is 17.9 Å². The Hall–Kier alpha value is -2.64. The highest BCUT2D eigenvalue weighted by molar-refractivity contribution is 6.12. The van der Waals surface area contributed by atoms with Gasteiger partial charge in [-0.1, -0.05) is 35.5 Å². The SMILES string of the molecule is Cl.NCCCC[C@H](NC(=O)c1noc2c1ccc1ccccc12)C(=O)O. The van der Waals surface area contributed by atoms with Crippen molar-refractivity contribution >= 4 is 46.0 Å². The number of aromatic nitrogens is 1. The number of carbonyl (C=O) groups excluding carboxylic acids is 1. The van der Waals surface area contributed by atoms with Crippen LogP contribution in [0.5, 0.6) is 0 Å². The molecule has 7 nitrogen and oxygen atoms in total. The Balaban J connectivity index is 0.00000243. The molecule has 8 heteroatoms. The largest absolute Gasteiger partial charge is 0.480 e. The zero-order valence-corrected chi connectivity index (χ0v) is 14.8. The first kappa shape index (κ1) is 19.7. The van der Waals surface area contributed by atoms with E-state index in [0.29, 0.717) is 36.8 Å². The second-order valence-electron chi connectivity index (χ2n) is 5.84. The number of nitrogens with one attached hydrogen (secondary N) is 1. The maximum Gasteiger partial charge on any atom is 0.326 e. The number of benzene rings is 2. The molecule has 0 bridgehead atoms. The molecule has 1 heterocycles. The van der Waals surface area contributed by atoms with Crippen LogP contribution < -0.4 is 11.1 Å². The molecule has 3 rings (SSSR count). The number of carboxylic acids is 1. The molecule has 0 aliphatic rings. The summed E-state index contributed by atoms with van der Waals surface area (Å²) in [6.45, 7) is 0.487. The summed E-state index contributed by atoms with van der Waals surface area (Å²) in [6.07, 6.45) is 1.65. The fourth-order valence-corrected chi connectivity index (χ4v) is 2.81. The molecule has 1 atom stereocenters. The highest BCUT2D eigenvalue weighted by Gasteiger charge is 2.24. The van der Waals surface area contributed by atoms with Gasteiger partial charge in [0.05, 0.1) is 5.39 Å². The Labute approximate surface area is 155 Å². The van der Waals surface area contributed by atoms with Gasteiger partial charge < -0.3 is 20.7 Å². The van der Waals surface area contributed by atoms with Gasteiger partial charge in [-0.05, 0) is 37.3 Å². The molecule has 0 spiro atoms. The van der Waals surface area contributed by atoms with Crippen molar-refractivity contribution in [1.82, 2.24) is 10.5 Å². The topological polar surface area (TPSA) is 118 Å². The standard InChI is InChI=1S/C18H19N3O4.ClH/c19-10-4-3-7-14(18(23)24)20-17(22)15-13-9-8-11-5-1-2-6-12(11)16(13)25-21-15;/h1-2,5-6,8-9,14H,3-4,7,10,19H2,(H,20,22)(H,23,24);1H/t14-;/m0./s1. The van der Waals surface area contributed by atoms with Gasteiger partial charge in [-0.15, -0.1) is 12.4 Å². The Morgan fingerprint density at radius 2 is 1.92 bits per heavy atom. The Kier molecular flexibility index (Phi) is 6.54. The third-order valence-electron chi connectivity index (χ3n) is 4.13. The fraction of sp³-hybridized carbons (Fsp3) is 0.278. The number of halogens is 1. The molecule has 0 unspecified atom stereocenters. The van der Waals surface area contributed by atoms with Crippen LogP contribution >= 0.6 is 12.4 Å². The summed E-state index contributed by atoms with van der Waals surface area (Å²) in [7, 11) is 0. The number of fused-ring (bicyclic) bond motifs is 3. The maximum absolute atomic E-state index is 12.5. The van der Waals surface area contributed by atoms with E-state index in [1.165, 1.54) is 0 Å². The highest BCUT2D eigenvalue weighted by atomic mass is 35.5. The Bertz CT molecular complexity index is 925. The molecule has 1 amide bonds. The van der Waals surface area contributed by atoms with Gasteiger partial charge in [0.1, 0.15) is 6.04 Å². The molecule has 138 valence electrons. The van der Waals surface area contributed by atoms with Gasteiger partial charge in [-0.25, -0.2) is 4.79 Å². The third kappa shape index (κ3) is 3.95. The molecular weight excluding hydrogens is 358 g/mol. The average molecular weight is 378 g/mol. The monoisotopic (exact) mass is 377 g/mol. The van der Waals surface area contributed by atoms with Crippen LogP contribution in [0.2, 0.25) is 0 Å². The molecule has 0 aliphatic carbocycles. The predicted molar refractivity (Wildman–Crippen MR) is 101 cm³/mol. The first-order chi connectivity index (χ1) is 12.1. The summed E-state index contributed by atoms with van der Waals surface area (Å²) in [5.74, 6) is -1.64. The van der Waals surface area contributed by atoms with Crippen LogP contribution in [0.3, 0.4) is 0 Å². The minimum atomic E-state index is -1.08. The lowest BCUT2D eigenvalue weighted by atomic mass is 10.1. The van der Waals surface area contributed by atoms with Crippen molar-refractivity contribution in [2.24, 2.45) is 5.73 Å². The molecule has 3 aromatic rings. The van der Waals surface area contributed by atoms with Gasteiger partial charge in [0, 0.05) is 5.39 Å². The van der Waals surface area contributed by atoms with Gasteiger partial charge in [0.2, 0.25) is 0 Å². The van der Waals surface area contributed by atoms with Crippen molar-refractivity contribution < 1.29 is 19.2 Å². The number of carboxylic acid groups (broad SMARTS) is 1. The summed E-state index contributed by atoms with van der Waals surface area (Å²) < 4.78 is 5.35. The lowest BCUT2D eigenvalue weighted by Gasteiger charge is -2.13. The zero-order valence-electron chi connectivity index (χ0n) is 14.0. The number of nitrogens with zero attached hydrogens (tertiary/aromatic N) is 1. The molecule has 2 aromatic carbocycles. The molecule has 26 heavy (non-hydrogen) atoms. The first-order valence-electron chi connectivity index (χ1n) is 8.12. The van der Waals surface area contributed by atoms with Crippen LogP contribution in [0.15, 0.2) is 40.9 Å². The minimum absolute atomic E-state index is 0. The second-order valence-corrected chi connectivity index (χ2v) is 5.84. The van der Waals surface area contributed by atoms with Gasteiger partial charge in [0.15, 0.2) is 11.3 Å². The molecule has 1 aromatic heterocycles. The van der Waals surface area contributed by atoms with Crippen molar-refractivity contribution in [3.63, 3.8) is 0 Å². The van der Waals surface area contributed by atoms with E-state index in [9.17, 15) is 14.7 Å². The quantitative estimate of drug-likeness (QED) is 0.545. The lowest BCUT2D eigenvalue weighted by Crippen LogP contribution is -2.41. The Morgan fingerprint density at radius 1 is 1.15 bits per heavy atom. The van der Waals surface area contributed by atoms with Crippen molar-refractivity contribution in [3.8, 4) is 0 Å². The van der Waals surface area contributed by atoms with Gasteiger partial charge in [0.25, 0.3) is 5.91 Å².